The number of carbonyl (C=O) groups excluding carboxylic acids is 1. The number of methoxy groups -OCH3 is 1. The molecule has 0 aliphatic heterocycles. The number of carbonyl (C=O) groups is 1. The number of H-pyrrole nitrogens is 1. The molecule has 0 aliphatic rings. The summed E-state index contributed by atoms with van der Waals surface area (Å²) < 4.78 is 5.22. The molecular weight excluding hydrogens is 228 g/mol. The molecule has 0 spiro atoms. The molecule has 1 aromatic heterocycles. The minimum atomic E-state index is 0.642. The third-order valence-electron chi connectivity index (χ3n) is 3.02. The molecule has 0 atom stereocenters. The van der Waals surface area contributed by atoms with Crippen molar-refractivity contribution in [3.8, 4) is 5.75 Å². The number of aldehydes is 1. The Bertz CT molecular complexity index is 573. The van der Waals surface area contributed by atoms with Gasteiger partial charge in [-0.25, -0.2) is 0 Å². The molecule has 0 aliphatic carbocycles. The van der Waals surface area contributed by atoms with Crippen molar-refractivity contribution in [2.24, 2.45) is 0 Å². The fourth-order valence-corrected chi connectivity index (χ4v) is 2.02. The van der Waals surface area contributed by atoms with E-state index in [2.05, 4.69) is 16.3 Å². The maximum Gasteiger partial charge on any atom is 0.153 e. The van der Waals surface area contributed by atoms with E-state index < -0.39 is 0 Å². The second-order valence-corrected chi connectivity index (χ2v) is 4.31. The van der Waals surface area contributed by atoms with Crippen LogP contribution in [0.3, 0.4) is 0 Å². The molecule has 4 heteroatoms. The fraction of sp³-hybridized carbons (Fsp3) is 0.286. The lowest BCUT2D eigenvalue weighted by Crippen LogP contribution is -1.95. The van der Waals surface area contributed by atoms with Gasteiger partial charge in [-0.2, -0.15) is 5.10 Å². The summed E-state index contributed by atoms with van der Waals surface area (Å²) in [7, 11) is 1.66. The smallest absolute Gasteiger partial charge is 0.153 e. The minimum absolute atomic E-state index is 0.642. The summed E-state index contributed by atoms with van der Waals surface area (Å²) in [5.74, 6) is 0.868. The number of nitrogens with zero attached hydrogens (tertiary/aromatic N) is 1. The molecule has 0 fully saturated rings. The molecule has 18 heavy (non-hydrogen) atoms. The Labute approximate surface area is 106 Å². The molecule has 2 rings (SSSR count). The van der Waals surface area contributed by atoms with E-state index in [4.69, 9.17) is 4.74 Å². The first-order chi connectivity index (χ1) is 8.65. The molecule has 0 bridgehead atoms. The third-order valence-corrected chi connectivity index (χ3v) is 3.02. The molecule has 1 heterocycles. The highest BCUT2D eigenvalue weighted by Gasteiger charge is 2.10. The maximum absolute atomic E-state index is 11.0. The van der Waals surface area contributed by atoms with Gasteiger partial charge in [-0.1, -0.05) is 12.1 Å². The number of aromatic nitrogens is 2. The highest BCUT2D eigenvalue weighted by molar-refractivity contribution is 5.78. The van der Waals surface area contributed by atoms with Crippen molar-refractivity contribution in [2.45, 2.75) is 20.3 Å². The van der Waals surface area contributed by atoms with Gasteiger partial charge >= 0.3 is 0 Å². The predicted molar refractivity (Wildman–Crippen MR) is 69.2 cm³/mol. The zero-order chi connectivity index (χ0) is 13.1. The normalized spacial score (nSPS) is 10.4. The first-order valence-corrected chi connectivity index (χ1v) is 5.78. The molecule has 94 valence electrons. The van der Waals surface area contributed by atoms with Gasteiger partial charge in [-0.15, -0.1) is 0 Å². The van der Waals surface area contributed by atoms with Crippen LogP contribution < -0.4 is 4.74 Å². The van der Waals surface area contributed by atoms with Gasteiger partial charge in [0, 0.05) is 12.1 Å². The van der Waals surface area contributed by atoms with Crippen LogP contribution in [-0.2, 0) is 6.42 Å². The third kappa shape index (κ3) is 2.27. The molecule has 2 aromatic rings. The summed E-state index contributed by atoms with van der Waals surface area (Å²) in [6, 6.07) is 5.98. The fourth-order valence-electron chi connectivity index (χ4n) is 2.02. The topological polar surface area (TPSA) is 55.0 Å². The standard InChI is InChI=1S/C14H16N2O2/c1-9-6-11(4-5-14(9)18-3)7-13-12(8-17)10(2)15-16-13/h4-6,8H,7H2,1-3H3,(H,15,16). The number of rotatable bonds is 4. The summed E-state index contributed by atoms with van der Waals surface area (Å²) in [5, 5.41) is 7.01. The lowest BCUT2D eigenvalue weighted by atomic mass is 10.0. The summed E-state index contributed by atoms with van der Waals surface area (Å²) in [6.07, 6.45) is 1.49. The average Bonchev–Trinajstić information content (AvgIpc) is 2.70. The van der Waals surface area contributed by atoms with Gasteiger partial charge in [0.2, 0.25) is 0 Å². The molecule has 0 saturated heterocycles. The molecule has 0 radical (unpaired) electrons. The van der Waals surface area contributed by atoms with Gasteiger partial charge in [0.25, 0.3) is 0 Å². The van der Waals surface area contributed by atoms with Crippen molar-refractivity contribution in [1.29, 1.82) is 0 Å². The first kappa shape index (κ1) is 12.4. The Morgan fingerprint density at radius 1 is 1.39 bits per heavy atom. The van der Waals surface area contributed by atoms with E-state index in [1.807, 2.05) is 26.0 Å². The van der Waals surface area contributed by atoms with E-state index in [-0.39, 0.29) is 0 Å². The van der Waals surface area contributed by atoms with Crippen molar-refractivity contribution in [3.05, 3.63) is 46.3 Å². The van der Waals surface area contributed by atoms with Crippen LogP contribution in [0.4, 0.5) is 0 Å². The van der Waals surface area contributed by atoms with Gasteiger partial charge in [0.05, 0.1) is 18.4 Å². The highest BCUT2D eigenvalue weighted by Crippen LogP contribution is 2.21. The van der Waals surface area contributed by atoms with E-state index in [9.17, 15) is 4.79 Å². The highest BCUT2D eigenvalue weighted by atomic mass is 16.5. The van der Waals surface area contributed by atoms with Gasteiger partial charge in [0.1, 0.15) is 5.75 Å². The lowest BCUT2D eigenvalue weighted by Gasteiger charge is -2.06. The Kier molecular flexibility index (Phi) is 3.46. The largest absolute Gasteiger partial charge is 0.496 e. The molecule has 0 unspecified atom stereocenters. The van der Waals surface area contributed by atoms with Crippen LogP contribution in [0.25, 0.3) is 0 Å². The summed E-state index contributed by atoms with van der Waals surface area (Å²) in [6.45, 7) is 3.85. The van der Waals surface area contributed by atoms with Gasteiger partial charge < -0.3 is 4.74 Å². The van der Waals surface area contributed by atoms with E-state index in [1.165, 1.54) is 0 Å². The van der Waals surface area contributed by atoms with Crippen molar-refractivity contribution in [1.82, 2.24) is 10.2 Å². The number of hydrogen-bond donors (Lipinski definition) is 1. The Hall–Kier alpha value is -2.10. The molecular formula is C14H16N2O2. The van der Waals surface area contributed by atoms with Gasteiger partial charge in [-0.05, 0) is 31.0 Å². The maximum atomic E-state index is 11.0. The first-order valence-electron chi connectivity index (χ1n) is 5.78. The monoisotopic (exact) mass is 244 g/mol. The van der Waals surface area contributed by atoms with E-state index in [0.29, 0.717) is 12.0 Å². The molecule has 4 nitrogen and oxygen atoms in total. The predicted octanol–water partition coefficient (Wildman–Crippen LogP) is 2.44. The van der Waals surface area contributed by atoms with Crippen molar-refractivity contribution < 1.29 is 9.53 Å². The molecule has 0 saturated carbocycles. The quantitative estimate of drug-likeness (QED) is 0.840. The van der Waals surface area contributed by atoms with E-state index in [0.717, 1.165) is 34.6 Å². The summed E-state index contributed by atoms with van der Waals surface area (Å²) in [4.78, 5) is 11.0. The molecule has 1 N–H and O–H groups in total. The van der Waals surface area contributed by atoms with Crippen LogP contribution in [0.5, 0.6) is 5.75 Å². The second kappa shape index (κ2) is 5.04. The Morgan fingerprint density at radius 2 is 2.17 bits per heavy atom. The number of aryl methyl sites for hydroxylation is 2. The summed E-state index contributed by atoms with van der Waals surface area (Å²) in [5.41, 5.74) is 4.44. The van der Waals surface area contributed by atoms with E-state index >= 15 is 0 Å². The van der Waals surface area contributed by atoms with Crippen LogP contribution in [0.1, 0.15) is 32.9 Å². The zero-order valence-corrected chi connectivity index (χ0v) is 10.8. The number of benzene rings is 1. The molecule has 0 amide bonds. The molecule has 1 aromatic carbocycles. The Balaban J connectivity index is 2.28. The van der Waals surface area contributed by atoms with Crippen LogP contribution in [-0.4, -0.2) is 23.6 Å². The number of hydrogen-bond acceptors (Lipinski definition) is 3. The lowest BCUT2D eigenvalue weighted by molar-refractivity contribution is 0.112. The minimum Gasteiger partial charge on any atom is -0.496 e. The van der Waals surface area contributed by atoms with Gasteiger partial charge in [-0.3, -0.25) is 9.89 Å². The van der Waals surface area contributed by atoms with Crippen LogP contribution in [0, 0.1) is 13.8 Å². The SMILES string of the molecule is COc1ccc(Cc2n[nH]c(C)c2C=O)cc1C. The number of nitrogens with one attached hydrogen (secondary N) is 1. The van der Waals surface area contributed by atoms with Crippen molar-refractivity contribution >= 4 is 6.29 Å². The van der Waals surface area contributed by atoms with Crippen molar-refractivity contribution in [3.63, 3.8) is 0 Å². The summed E-state index contributed by atoms with van der Waals surface area (Å²) >= 11 is 0. The Morgan fingerprint density at radius 3 is 2.78 bits per heavy atom. The second-order valence-electron chi connectivity index (χ2n) is 4.31. The van der Waals surface area contributed by atoms with Crippen LogP contribution in [0.2, 0.25) is 0 Å². The number of aromatic amines is 1. The van der Waals surface area contributed by atoms with Crippen molar-refractivity contribution in [2.75, 3.05) is 7.11 Å². The number of ether oxygens (including phenoxy) is 1. The van der Waals surface area contributed by atoms with Crippen LogP contribution in [0.15, 0.2) is 18.2 Å². The van der Waals surface area contributed by atoms with E-state index in [1.54, 1.807) is 7.11 Å². The zero-order valence-electron chi connectivity index (χ0n) is 10.8. The average molecular weight is 244 g/mol. The van der Waals surface area contributed by atoms with Crippen LogP contribution >= 0.6 is 0 Å². The van der Waals surface area contributed by atoms with Gasteiger partial charge in [0.15, 0.2) is 6.29 Å².